The molecular formula is C17H24N2O3S. The normalized spacial score (nSPS) is 17.9. The maximum atomic E-state index is 12.6. The first kappa shape index (κ1) is 17.7. The zero-order valence-corrected chi connectivity index (χ0v) is 14.9. The summed E-state index contributed by atoms with van der Waals surface area (Å²) in [4.78, 5) is 26.7. The average Bonchev–Trinajstić information content (AvgIpc) is 2.95. The van der Waals surface area contributed by atoms with E-state index in [0.717, 1.165) is 0 Å². The minimum atomic E-state index is -0.431. The van der Waals surface area contributed by atoms with E-state index < -0.39 is 6.04 Å². The minimum absolute atomic E-state index is 0.0303. The highest BCUT2D eigenvalue weighted by Gasteiger charge is 2.36. The number of carbonyl (C=O) groups is 2. The molecule has 0 radical (unpaired) electrons. The molecule has 0 aliphatic carbocycles. The lowest BCUT2D eigenvalue weighted by molar-refractivity contribution is -0.137. The number of hydrogen-bond donors (Lipinski definition) is 1. The Balaban J connectivity index is 2.07. The molecule has 1 aliphatic rings. The molecule has 1 heterocycles. The third-order valence-corrected chi connectivity index (χ3v) is 4.56. The standard InChI is InChI=1S/C17H24N2O3S/c1-17(2,3)9-15(20)19-11-23-10-13(19)16(21)18-12-7-5-6-8-14(12)22-4/h5-8,13H,9-11H2,1-4H3,(H,18,21)/t13-/m1/s1. The van der Waals surface area contributed by atoms with Crippen LogP contribution >= 0.6 is 11.8 Å². The first-order valence-electron chi connectivity index (χ1n) is 7.63. The summed E-state index contributed by atoms with van der Waals surface area (Å²) in [5.41, 5.74) is 0.536. The van der Waals surface area contributed by atoms with Crippen LogP contribution in [-0.2, 0) is 9.59 Å². The van der Waals surface area contributed by atoms with Gasteiger partial charge in [-0.05, 0) is 17.5 Å². The van der Waals surface area contributed by atoms with Gasteiger partial charge in [0, 0.05) is 12.2 Å². The molecule has 0 spiro atoms. The first-order valence-corrected chi connectivity index (χ1v) is 8.78. The lowest BCUT2D eigenvalue weighted by atomic mass is 9.91. The number of hydrogen-bond acceptors (Lipinski definition) is 4. The predicted molar refractivity (Wildman–Crippen MR) is 93.7 cm³/mol. The van der Waals surface area contributed by atoms with E-state index in [4.69, 9.17) is 4.74 Å². The molecule has 0 aromatic heterocycles. The fourth-order valence-corrected chi connectivity index (χ4v) is 3.61. The summed E-state index contributed by atoms with van der Waals surface area (Å²) in [5, 5.41) is 2.88. The molecule has 0 unspecified atom stereocenters. The molecule has 23 heavy (non-hydrogen) atoms. The topological polar surface area (TPSA) is 58.6 Å². The minimum Gasteiger partial charge on any atom is -0.495 e. The van der Waals surface area contributed by atoms with Crippen LogP contribution in [0, 0.1) is 5.41 Å². The first-order chi connectivity index (χ1) is 10.8. The Morgan fingerprint density at radius 2 is 2.04 bits per heavy atom. The molecule has 1 saturated heterocycles. The highest BCUT2D eigenvalue weighted by atomic mass is 32.2. The lowest BCUT2D eigenvalue weighted by Gasteiger charge is -2.27. The quantitative estimate of drug-likeness (QED) is 0.918. The number of methoxy groups -OCH3 is 1. The Hall–Kier alpha value is -1.69. The number of carbonyl (C=O) groups excluding carboxylic acids is 2. The van der Waals surface area contributed by atoms with Gasteiger partial charge in [0.25, 0.3) is 0 Å². The monoisotopic (exact) mass is 336 g/mol. The van der Waals surface area contributed by atoms with Gasteiger partial charge in [0.2, 0.25) is 11.8 Å². The van der Waals surface area contributed by atoms with Gasteiger partial charge in [-0.3, -0.25) is 9.59 Å². The SMILES string of the molecule is COc1ccccc1NC(=O)[C@H]1CSCN1C(=O)CC(C)(C)C. The molecule has 2 amide bonds. The lowest BCUT2D eigenvalue weighted by Crippen LogP contribution is -2.45. The summed E-state index contributed by atoms with van der Waals surface area (Å²) in [5.74, 6) is 1.67. The van der Waals surface area contributed by atoms with Crippen molar-refractivity contribution < 1.29 is 14.3 Å². The van der Waals surface area contributed by atoms with Crippen LogP contribution in [0.4, 0.5) is 5.69 Å². The van der Waals surface area contributed by atoms with Crippen LogP contribution in [-0.4, -0.2) is 41.5 Å². The van der Waals surface area contributed by atoms with Crippen molar-refractivity contribution in [1.29, 1.82) is 0 Å². The van der Waals surface area contributed by atoms with Crippen LogP contribution in [0.25, 0.3) is 0 Å². The van der Waals surface area contributed by atoms with E-state index in [9.17, 15) is 9.59 Å². The highest BCUT2D eigenvalue weighted by Crippen LogP contribution is 2.28. The van der Waals surface area contributed by atoms with Crippen molar-refractivity contribution >= 4 is 29.3 Å². The summed E-state index contributed by atoms with van der Waals surface area (Å²) < 4.78 is 5.25. The molecule has 1 atom stereocenters. The van der Waals surface area contributed by atoms with Crippen molar-refractivity contribution in [3.05, 3.63) is 24.3 Å². The molecule has 0 bridgehead atoms. The number of thioether (sulfide) groups is 1. The van der Waals surface area contributed by atoms with E-state index in [0.29, 0.717) is 29.5 Å². The highest BCUT2D eigenvalue weighted by molar-refractivity contribution is 7.99. The van der Waals surface area contributed by atoms with Gasteiger partial charge in [-0.15, -0.1) is 11.8 Å². The molecule has 1 fully saturated rings. The maximum Gasteiger partial charge on any atom is 0.248 e. The molecule has 0 saturated carbocycles. The van der Waals surface area contributed by atoms with Crippen LogP contribution in [0.3, 0.4) is 0 Å². The number of nitrogens with one attached hydrogen (secondary N) is 1. The summed E-state index contributed by atoms with van der Waals surface area (Å²) in [6.07, 6.45) is 0.437. The van der Waals surface area contributed by atoms with Crippen molar-refractivity contribution in [3.8, 4) is 5.75 Å². The summed E-state index contributed by atoms with van der Waals surface area (Å²) in [7, 11) is 1.57. The van der Waals surface area contributed by atoms with Crippen LogP contribution in [0.2, 0.25) is 0 Å². The summed E-state index contributed by atoms with van der Waals surface area (Å²) >= 11 is 1.61. The van der Waals surface area contributed by atoms with Crippen molar-refractivity contribution in [3.63, 3.8) is 0 Å². The van der Waals surface area contributed by atoms with Gasteiger partial charge in [-0.25, -0.2) is 0 Å². The van der Waals surface area contributed by atoms with Gasteiger partial charge in [0.15, 0.2) is 0 Å². The van der Waals surface area contributed by atoms with Crippen molar-refractivity contribution in [2.45, 2.75) is 33.2 Å². The second-order valence-corrected chi connectivity index (χ2v) is 7.81. The molecule has 126 valence electrons. The van der Waals surface area contributed by atoms with Gasteiger partial charge in [0.05, 0.1) is 18.7 Å². The fourth-order valence-electron chi connectivity index (χ4n) is 2.42. The number of ether oxygens (including phenoxy) is 1. The van der Waals surface area contributed by atoms with Gasteiger partial charge >= 0.3 is 0 Å². The van der Waals surface area contributed by atoms with Crippen LogP contribution in [0.1, 0.15) is 27.2 Å². The summed E-state index contributed by atoms with van der Waals surface area (Å²) in [6, 6.07) is 6.84. The number of para-hydroxylation sites is 2. The Kier molecular flexibility index (Phi) is 5.57. The van der Waals surface area contributed by atoms with E-state index in [1.807, 2.05) is 32.9 Å². The van der Waals surface area contributed by atoms with Crippen molar-refractivity contribution in [2.75, 3.05) is 24.1 Å². The fraction of sp³-hybridized carbons (Fsp3) is 0.529. The molecule has 1 aliphatic heterocycles. The van der Waals surface area contributed by atoms with Crippen LogP contribution < -0.4 is 10.1 Å². The van der Waals surface area contributed by atoms with Crippen molar-refractivity contribution in [2.24, 2.45) is 5.41 Å². The molecule has 6 heteroatoms. The largest absolute Gasteiger partial charge is 0.495 e. The number of benzene rings is 1. The molecule has 1 aromatic carbocycles. The Morgan fingerprint density at radius 1 is 1.35 bits per heavy atom. The molecule has 1 N–H and O–H groups in total. The van der Waals surface area contributed by atoms with Crippen LogP contribution in [0.5, 0.6) is 5.75 Å². The van der Waals surface area contributed by atoms with Gasteiger partial charge in [0.1, 0.15) is 11.8 Å². The van der Waals surface area contributed by atoms with Crippen molar-refractivity contribution in [1.82, 2.24) is 4.90 Å². The number of amides is 2. The van der Waals surface area contributed by atoms with Gasteiger partial charge in [-0.2, -0.15) is 0 Å². The molecular weight excluding hydrogens is 312 g/mol. The smallest absolute Gasteiger partial charge is 0.248 e. The molecule has 1 aromatic rings. The van der Waals surface area contributed by atoms with E-state index in [-0.39, 0.29) is 17.2 Å². The maximum absolute atomic E-state index is 12.6. The second-order valence-electron chi connectivity index (χ2n) is 6.81. The van der Waals surface area contributed by atoms with Gasteiger partial charge in [-0.1, -0.05) is 32.9 Å². The second kappa shape index (κ2) is 7.25. The molecule has 2 rings (SSSR count). The summed E-state index contributed by atoms with van der Waals surface area (Å²) in [6.45, 7) is 6.08. The Morgan fingerprint density at radius 3 is 2.70 bits per heavy atom. The van der Waals surface area contributed by atoms with E-state index >= 15 is 0 Å². The molecule has 5 nitrogen and oxygen atoms in total. The Labute approximate surface area is 141 Å². The Bertz CT molecular complexity index is 583. The average molecular weight is 336 g/mol. The zero-order valence-electron chi connectivity index (χ0n) is 14.1. The number of rotatable bonds is 4. The van der Waals surface area contributed by atoms with Crippen LogP contribution in [0.15, 0.2) is 24.3 Å². The van der Waals surface area contributed by atoms with E-state index in [2.05, 4.69) is 5.32 Å². The van der Waals surface area contributed by atoms with E-state index in [1.165, 1.54) is 0 Å². The zero-order chi connectivity index (χ0) is 17.0. The predicted octanol–water partition coefficient (Wildman–Crippen LogP) is 2.97. The third-order valence-electron chi connectivity index (χ3n) is 3.55. The third kappa shape index (κ3) is 4.64. The van der Waals surface area contributed by atoms with Gasteiger partial charge < -0.3 is 15.0 Å². The van der Waals surface area contributed by atoms with E-state index in [1.54, 1.807) is 35.9 Å². The number of nitrogens with zero attached hydrogens (tertiary/aromatic N) is 1. The number of anilines is 1.